The number of H-pyrrole nitrogens is 1. The quantitative estimate of drug-likeness (QED) is 0.487. The third kappa shape index (κ3) is 6.26. The highest BCUT2D eigenvalue weighted by Crippen LogP contribution is 2.20. The van der Waals surface area contributed by atoms with Crippen LogP contribution in [0.5, 0.6) is 11.5 Å². The Morgan fingerprint density at radius 3 is 2.24 bits per heavy atom. The molecule has 1 heterocycles. The Morgan fingerprint density at radius 2 is 1.61 bits per heavy atom. The van der Waals surface area contributed by atoms with E-state index in [-0.39, 0.29) is 18.1 Å². The number of anilines is 1. The molecule has 0 saturated carbocycles. The first-order valence-electron chi connectivity index (χ1n) is 11.1. The molecule has 3 rings (SSSR count). The number of pyridine rings is 1. The van der Waals surface area contributed by atoms with Gasteiger partial charge in [-0.25, -0.2) is 4.79 Å². The molecule has 0 radical (unpaired) electrons. The third-order valence-corrected chi connectivity index (χ3v) is 5.70. The molecule has 2 amide bonds. The van der Waals surface area contributed by atoms with Crippen LogP contribution in [0.1, 0.15) is 19.4 Å². The third-order valence-electron chi connectivity index (χ3n) is 5.70. The second kappa shape index (κ2) is 11.4. The summed E-state index contributed by atoms with van der Waals surface area (Å²) in [6.45, 7) is 7.34. The van der Waals surface area contributed by atoms with Crippen molar-refractivity contribution in [2.75, 3.05) is 45.7 Å². The molecule has 0 aliphatic rings. The number of fused-ring (bicyclic) bond motifs is 1. The maximum Gasteiger partial charge on any atom is 0.322 e. The summed E-state index contributed by atoms with van der Waals surface area (Å²) in [7, 11) is 3.20. The fourth-order valence-electron chi connectivity index (χ4n) is 3.61. The van der Waals surface area contributed by atoms with E-state index in [0.29, 0.717) is 35.8 Å². The average Bonchev–Trinajstić information content (AvgIpc) is 2.84. The van der Waals surface area contributed by atoms with E-state index in [4.69, 9.17) is 9.47 Å². The number of benzene rings is 2. The second-order valence-corrected chi connectivity index (χ2v) is 7.68. The van der Waals surface area contributed by atoms with E-state index >= 15 is 0 Å². The number of methoxy groups -OCH3 is 2. The van der Waals surface area contributed by atoms with Crippen LogP contribution in [0.4, 0.5) is 10.5 Å². The Balaban J connectivity index is 1.85. The molecule has 0 saturated heterocycles. The maximum atomic E-state index is 13.2. The van der Waals surface area contributed by atoms with Gasteiger partial charge in [0.15, 0.2) is 0 Å². The largest absolute Gasteiger partial charge is 0.497 e. The second-order valence-electron chi connectivity index (χ2n) is 7.68. The highest BCUT2D eigenvalue weighted by molar-refractivity contribution is 5.89. The number of amides is 2. The lowest BCUT2D eigenvalue weighted by atomic mass is 10.1. The first-order chi connectivity index (χ1) is 16.0. The molecule has 0 unspecified atom stereocenters. The van der Waals surface area contributed by atoms with Gasteiger partial charge in [0.05, 0.1) is 20.8 Å². The number of nitrogens with zero attached hydrogens (tertiary/aromatic N) is 2. The Kier molecular flexibility index (Phi) is 8.32. The van der Waals surface area contributed by atoms with E-state index in [9.17, 15) is 9.59 Å². The minimum Gasteiger partial charge on any atom is -0.497 e. The summed E-state index contributed by atoms with van der Waals surface area (Å²) in [6, 6.07) is 14.2. The lowest BCUT2D eigenvalue weighted by molar-refractivity contribution is 0.194. The SMILES string of the molecule is CCN(CC)CCN(Cc1cc2cc(OC)ccc2[nH]c1=O)C(=O)Nc1ccc(OC)cc1. The predicted octanol–water partition coefficient (Wildman–Crippen LogP) is 3.92. The van der Waals surface area contributed by atoms with Crippen molar-refractivity contribution >= 4 is 22.6 Å². The molecule has 33 heavy (non-hydrogen) atoms. The molecule has 8 heteroatoms. The van der Waals surface area contributed by atoms with Gasteiger partial charge in [-0.2, -0.15) is 0 Å². The van der Waals surface area contributed by atoms with E-state index in [2.05, 4.69) is 29.0 Å². The molecule has 2 aromatic carbocycles. The zero-order chi connectivity index (χ0) is 23.8. The number of aromatic amines is 1. The summed E-state index contributed by atoms with van der Waals surface area (Å²) >= 11 is 0. The number of carbonyl (C=O) groups is 1. The van der Waals surface area contributed by atoms with Gasteiger partial charge < -0.3 is 29.6 Å². The topological polar surface area (TPSA) is 86.9 Å². The minimum atomic E-state index is -0.266. The van der Waals surface area contributed by atoms with Gasteiger partial charge in [0, 0.05) is 35.2 Å². The van der Waals surface area contributed by atoms with Crippen molar-refractivity contribution < 1.29 is 14.3 Å². The summed E-state index contributed by atoms with van der Waals surface area (Å²) in [5.74, 6) is 1.42. The molecule has 0 bridgehead atoms. The van der Waals surface area contributed by atoms with E-state index in [1.54, 1.807) is 49.5 Å². The van der Waals surface area contributed by atoms with Crippen LogP contribution in [-0.2, 0) is 6.54 Å². The monoisotopic (exact) mass is 452 g/mol. The smallest absolute Gasteiger partial charge is 0.322 e. The van der Waals surface area contributed by atoms with E-state index < -0.39 is 0 Å². The highest BCUT2D eigenvalue weighted by Gasteiger charge is 2.17. The molecule has 176 valence electrons. The molecule has 0 aliphatic heterocycles. The molecule has 2 N–H and O–H groups in total. The van der Waals surface area contributed by atoms with Gasteiger partial charge in [-0.1, -0.05) is 13.8 Å². The van der Waals surface area contributed by atoms with Gasteiger partial charge in [0.1, 0.15) is 11.5 Å². The van der Waals surface area contributed by atoms with Crippen molar-refractivity contribution in [2.24, 2.45) is 0 Å². The number of aromatic nitrogens is 1. The van der Waals surface area contributed by atoms with Crippen LogP contribution in [0.2, 0.25) is 0 Å². The van der Waals surface area contributed by atoms with Gasteiger partial charge in [0.2, 0.25) is 0 Å². The van der Waals surface area contributed by atoms with Crippen molar-refractivity contribution in [1.82, 2.24) is 14.8 Å². The zero-order valence-electron chi connectivity index (χ0n) is 19.7. The van der Waals surface area contributed by atoms with Crippen LogP contribution in [0.3, 0.4) is 0 Å². The van der Waals surface area contributed by atoms with Gasteiger partial charge in [0.25, 0.3) is 5.56 Å². The van der Waals surface area contributed by atoms with Crippen LogP contribution in [0, 0.1) is 0 Å². The van der Waals surface area contributed by atoms with Crippen LogP contribution in [0.15, 0.2) is 53.3 Å². The summed E-state index contributed by atoms with van der Waals surface area (Å²) in [6.07, 6.45) is 0. The van der Waals surface area contributed by atoms with Gasteiger partial charge in [-0.15, -0.1) is 0 Å². The Bertz CT molecular complexity index is 1120. The van der Waals surface area contributed by atoms with Crippen molar-refractivity contribution in [1.29, 1.82) is 0 Å². The molecular weight excluding hydrogens is 420 g/mol. The van der Waals surface area contributed by atoms with Crippen LogP contribution < -0.4 is 20.3 Å². The van der Waals surface area contributed by atoms with Crippen molar-refractivity contribution in [2.45, 2.75) is 20.4 Å². The van der Waals surface area contributed by atoms with E-state index in [0.717, 1.165) is 24.0 Å². The number of ether oxygens (including phenoxy) is 2. The van der Waals surface area contributed by atoms with Gasteiger partial charge in [-0.3, -0.25) is 4.79 Å². The molecule has 8 nitrogen and oxygen atoms in total. The molecule has 0 spiro atoms. The number of urea groups is 1. The molecule has 0 fully saturated rings. The molecule has 0 aliphatic carbocycles. The standard InChI is InChI=1S/C25H32N4O4/c1-5-28(6-2)13-14-29(25(31)26-20-7-9-21(32-3)10-8-20)17-19-15-18-16-22(33-4)11-12-23(18)27-24(19)30/h7-12,15-16H,5-6,13-14,17H2,1-4H3,(H,26,31)(H,27,30). The fraction of sp³-hybridized carbons (Fsp3) is 0.360. The van der Waals surface area contributed by atoms with Crippen molar-refractivity contribution in [3.63, 3.8) is 0 Å². The summed E-state index contributed by atoms with van der Waals surface area (Å²) in [5, 5.41) is 3.78. The minimum absolute atomic E-state index is 0.186. The number of hydrogen-bond donors (Lipinski definition) is 2. The number of carbonyl (C=O) groups excluding carboxylic acids is 1. The first-order valence-corrected chi connectivity index (χ1v) is 11.1. The van der Waals surface area contributed by atoms with Gasteiger partial charge >= 0.3 is 6.03 Å². The van der Waals surface area contributed by atoms with Crippen molar-refractivity contribution in [3.8, 4) is 11.5 Å². The van der Waals surface area contributed by atoms with Gasteiger partial charge in [-0.05, 0) is 61.6 Å². The van der Waals surface area contributed by atoms with Crippen molar-refractivity contribution in [3.05, 3.63) is 64.4 Å². The number of nitrogens with one attached hydrogen (secondary N) is 2. The number of rotatable bonds is 10. The Morgan fingerprint density at radius 1 is 0.939 bits per heavy atom. The maximum absolute atomic E-state index is 13.2. The average molecular weight is 453 g/mol. The summed E-state index contributed by atoms with van der Waals surface area (Å²) in [4.78, 5) is 32.7. The fourth-order valence-corrected chi connectivity index (χ4v) is 3.61. The molecular formula is C25H32N4O4. The van der Waals surface area contributed by atoms with Crippen LogP contribution >= 0.6 is 0 Å². The van der Waals surface area contributed by atoms with E-state index in [1.165, 1.54) is 0 Å². The summed E-state index contributed by atoms with van der Waals surface area (Å²) < 4.78 is 10.5. The predicted molar refractivity (Wildman–Crippen MR) is 131 cm³/mol. The Labute approximate surface area is 194 Å². The lowest BCUT2D eigenvalue weighted by Crippen LogP contribution is -2.41. The molecule has 1 aromatic heterocycles. The number of hydrogen-bond acceptors (Lipinski definition) is 5. The lowest BCUT2D eigenvalue weighted by Gasteiger charge is -2.26. The highest BCUT2D eigenvalue weighted by atomic mass is 16.5. The number of likely N-dealkylation sites (N-methyl/N-ethyl adjacent to an activating group) is 1. The van der Waals surface area contributed by atoms with E-state index in [1.807, 2.05) is 18.2 Å². The molecule has 0 atom stereocenters. The molecule has 3 aromatic rings. The summed E-state index contributed by atoms with van der Waals surface area (Å²) in [5.41, 5.74) is 1.69. The Hall–Kier alpha value is -3.52. The first kappa shape index (κ1) is 24.1. The normalized spacial score (nSPS) is 10.9. The zero-order valence-corrected chi connectivity index (χ0v) is 19.7. The van der Waals surface area contributed by atoms with Crippen LogP contribution in [-0.4, -0.2) is 61.2 Å². The van der Waals surface area contributed by atoms with Crippen LogP contribution in [0.25, 0.3) is 10.9 Å².